The predicted octanol–water partition coefficient (Wildman–Crippen LogP) is 0.861. The van der Waals surface area contributed by atoms with E-state index >= 15 is 0 Å². The Hall–Kier alpha value is -2.36. The smallest absolute Gasteiger partial charge is 0.267 e. The van der Waals surface area contributed by atoms with Crippen molar-refractivity contribution in [2.24, 2.45) is 17.1 Å². The number of aliphatic hydroxyl groups excluding tert-OH is 1. The second-order valence-corrected chi connectivity index (χ2v) is 10.3. The standard InChI is InChI=1S/C21H27Cl2N5O4/c1-20(11-29)7-15(19(32)27-8-12-6-21(12,22)23)28(10-20)16(30)9-26-14-5-3-2-4-13(14)17(24)18(25)31/h2-5,12,15,24,26,29H,6-11H2,1H3,(H2,25,31)(H,27,32)/t12-,15+,20+/m1/s1. The lowest BCUT2D eigenvalue weighted by Crippen LogP contribution is -2.48. The fourth-order valence-corrected chi connectivity index (χ4v) is 4.39. The van der Waals surface area contributed by atoms with E-state index in [0.29, 0.717) is 25.1 Å². The Morgan fingerprint density at radius 1 is 1.28 bits per heavy atom. The number of likely N-dealkylation sites (tertiary alicyclic amines) is 1. The first-order valence-electron chi connectivity index (χ1n) is 10.2. The third kappa shape index (κ3) is 5.33. The van der Waals surface area contributed by atoms with Gasteiger partial charge in [-0.05, 0) is 18.9 Å². The lowest BCUT2D eigenvalue weighted by atomic mass is 9.89. The van der Waals surface area contributed by atoms with Gasteiger partial charge in [-0.3, -0.25) is 19.8 Å². The van der Waals surface area contributed by atoms with E-state index in [9.17, 15) is 19.5 Å². The molecule has 1 saturated carbocycles. The zero-order valence-corrected chi connectivity index (χ0v) is 19.2. The number of carbonyl (C=O) groups excluding carboxylic acids is 3. The minimum Gasteiger partial charge on any atom is -0.396 e. The lowest BCUT2D eigenvalue weighted by molar-refractivity contribution is -0.137. The predicted molar refractivity (Wildman–Crippen MR) is 122 cm³/mol. The van der Waals surface area contributed by atoms with E-state index in [2.05, 4.69) is 10.6 Å². The molecule has 1 aliphatic carbocycles. The molecule has 2 fully saturated rings. The Balaban J connectivity index is 1.67. The second-order valence-electron chi connectivity index (χ2n) is 8.76. The molecule has 0 aromatic heterocycles. The first-order valence-corrected chi connectivity index (χ1v) is 11.0. The van der Waals surface area contributed by atoms with Crippen LogP contribution in [0.4, 0.5) is 5.69 Å². The third-order valence-electron chi connectivity index (χ3n) is 5.97. The van der Waals surface area contributed by atoms with Crippen molar-refractivity contribution in [3.05, 3.63) is 29.8 Å². The summed E-state index contributed by atoms with van der Waals surface area (Å²) >= 11 is 12.0. The van der Waals surface area contributed by atoms with Crippen LogP contribution >= 0.6 is 23.2 Å². The van der Waals surface area contributed by atoms with Crippen LogP contribution in [0.1, 0.15) is 25.3 Å². The monoisotopic (exact) mass is 483 g/mol. The molecule has 32 heavy (non-hydrogen) atoms. The molecule has 11 heteroatoms. The number of primary amides is 1. The molecule has 3 rings (SSSR count). The highest BCUT2D eigenvalue weighted by Crippen LogP contribution is 2.52. The number of aliphatic hydroxyl groups is 1. The van der Waals surface area contributed by atoms with Crippen molar-refractivity contribution >= 4 is 52.3 Å². The van der Waals surface area contributed by atoms with Gasteiger partial charge in [-0.1, -0.05) is 25.1 Å². The van der Waals surface area contributed by atoms with Crippen molar-refractivity contribution in [2.75, 3.05) is 31.6 Å². The number of nitrogens with one attached hydrogen (secondary N) is 3. The molecule has 0 unspecified atom stereocenters. The van der Waals surface area contributed by atoms with Crippen LogP contribution in [0.3, 0.4) is 0 Å². The molecule has 9 nitrogen and oxygen atoms in total. The Bertz CT molecular complexity index is 941. The number of hydrogen-bond acceptors (Lipinski definition) is 6. The first-order chi connectivity index (χ1) is 15.0. The Morgan fingerprint density at radius 2 is 1.94 bits per heavy atom. The van der Waals surface area contributed by atoms with E-state index in [0.717, 1.165) is 0 Å². The highest BCUT2D eigenvalue weighted by molar-refractivity contribution is 6.50. The third-order valence-corrected chi connectivity index (χ3v) is 6.90. The van der Waals surface area contributed by atoms with Crippen LogP contribution in [0.25, 0.3) is 0 Å². The van der Waals surface area contributed by atoms with Crippen LogP contribution < -0.4 is 16.4 Å². The van der Waals surface area contributed by atoms with Crippen molar-refractivity contribution < 1.29 is 19.5 Å². The average molecular weight is 484 g/mol. The number of benzene rings is 1. The zero-order valence-electron chi connectivity index (χ0n) is 17.7. The lowest BCUT2D eigenvalue weighted by Gasteiger charge is -2.25. The number of rotatable bonds is 9. The summed E-state index contributed by atoms with van der Waals surface area (Å²) in [6.07, 6.45) is 0.920. The Kier molecular flexibility index (Phi) is 7.02. The second kappa shape index (κ2) is 9.25. The fraction of sp³-hybridized carbons (Fsp3) is 0.524. The van der Waals surface area contributed by atoms with Gasteiger partial charge in [0, 0.05) is 35.7 Å². The number of hydrogen-bond donors (Lipinski definition) is 5. The summed E-state index contributed by atoms with van der Waals surface area (Å²) < 4.78 is -0.811. The molecule has 3 amide bonds. The number of halogens is 2. The summed E-state index contributed by atoms with van der Waals surface area (Å²) in [5.74, 6) is -1.57. The molecule has 0 spiro atoms. The van der Waals surface area contributed by atoms with Gasteiger partial charge in [0.25, 0.3) is 5.91 Å². The van der Waals surface area contributed by atoms with Crippen LogP contribution in [0.2, 0.25) is 0 Å². The summed E-state index contributed by atoms with van der Waals surface area (Å²) in [6, 6.07) is 5.81. The normalized spacial score (nSPS) is 25.8. The number of nitrogens with two attached hydrogens (primary N) is 1. The topological polar surface area (TPSA) is 149 Å². The number of anilines is 1. The summed E-state index contributed by atoms with van der Waals surface area (Å²) in [5.41, 5.74) is 4.91. The molecule has 1 saturated heterocycles. The maximum absolute atomic E-state index is 13.0. The van der Waals surface area contributed by atoms with Gasteiger partial charge in [0.15, 0.2) is 0 Å². The molecular formula is C21H27Cl2N5O4. The van der Waals surface area contributed by atoms with Gasteiger partial charge in [-0.15, -0.1) is 23.2 Å². The van der Waals surface area contributed by atoms with Crippen LogP contribution in [0, 0.1) is 16.7 Å². The van der Waals surface area contributed by atoms with Gasteiger partial charge in [0.2, 0.25) is 11.8 Å². The quantitative estimate of drug-likeness (QED) is 0.261. The molecule has 1 aromatic rings. The number of nitrogens with zero attached hydrogens (tertiary/aromatic N) is 1. The van der Waals surface area contributed by atoms with Gasteiger partial charge in [0.05, 0.1) is 13.2 Å². The summed E-state index contributed by atoms with van der Waals surface area (Å²) in [5, 5.41) is 23.4. The highest BCUT2D eigenvalue weighted by atomic mass is 35.5. The summed E-state index contributed by atoms with van der Waals surface area (Å²) in [7, 11) is 0. The van der Waals surface area contributed by atoms with Crippen LogP contribution in [-0.2, 0) is 14.4 Å². The van der Waals surface area contributed by atoms with Crippen molar-refractivity contribution in [1.29, 1.82) is 5.41 Å². The number of amides is 3. The van der Waals surface area contributed by atoms with Crippen molar-refractivity contribution in [1.82, 2.24) is 10.2 Å². The summed E-state index contributed by atoms with van der Waals surface area (Å²) in [6.45, 7) is 2.03. The highest BCUT2D eigenvalue weighted by Gasteiger charge is 2.52. The van der Waals surface area contributed by atoms with Crippen LogP contribution in [0.5, 0.6) is 0 Å². The molecule has 3 atom stereocenters. The van der Waals surface area contributed by atoms with Gasteiger partial charge in [-0.2, -0.15) is 0 Å². The first kappa shape index (κ1) is 24.3. The number of para-hydroxylation sites is 1. The van der Waals surface area contributed by atoms with E-state index in [4.69, 9.17) is 34.3 Å². The zero-order chi connectivity index (χ0) is 23.7. The fourth-order valence-electron chi connectivity index (χ4n) is 3.87. The molecule has 6 N–H and O–H groups in total. The molecule has 0 bridgehead atoms. The maximum atomic E-state index is 13.0. The summed E-state index contributed by atoms with van der Waals surface area (Å²) in [4.78, 5) is 38.7. The Labute approximate surface area is 196 Å². The number of carbonyl (C=O) groups is 3. The van der Waals surface area contributed by atoms with E-state index in [-0.39, 0.29) is 48.7 Å². The molecule has 1 heterocycles. The molecule has 1 aromatic carbocycles. The van der Waals surface area contributed by atoms with Crippen LogP contribution in [-0.4, -0.2) is 70.1 Å². The molecule has 0 radical (unpaired) electrons. The van der Waals surface area contributed by atoms with E-state index in [1.807, 2.05) is 6.92 Å². The number of alkyl halides is 2. The minimum atomic E-state index is -0.880. The Morgan fingerprint density at radius 3 is 2.53 bits per heavy atom. The molecule has 174 valence electrons. The minimum absolute atomic E-state index is 0.0247. The van der Waals surface area contributed by atoms with Crippen LogP contribution in [0.15, 0.2) is 24.3 Å². The van der Waals surface area contributed by atoms with E-state index < -0.39 is 21.7 Å². The van der Waals surface area contributed by atoms with Gasteiger partial charge >= 0.3 is 0 Å². The SMILES string of the molecule is C[C@]1(CO)C[C@@H](C(=O)NC[C@H]2CC2(Cl)Cl)N(C(=O)CNc2ccccc2C(=N)C(N)=O)C1. The molecule has 1 aliphatic heterocycles. The average Bonchev–Trinajstić information content (AvgIpc) is 3.21. The van der Waals surface area contributed by atoms with Gasteiger partial charge in [-0.25, -0.2) is 0 Å². The van der Waals surface area contributed by atoms with Gasteiger partial charge < -0.3 is 26.4 Å². The molecule has 2 aliphatic rings. The van der Waals surface area contributed by atoms with Crippen molar-refractivity contribution in [2.45, 2.75) is 30.1 Å². The van der Waals surface area contributed by atoms with Gasteiger partial charge in [0.1, 0.15) is 16.1 Å². The van der Waals surface area contributed by atoms with Crippen molar-refractivity contribution in [3.63, 3.8) is 0 Å². The molecular weight excluding hydrogens is 457 g/mol. The van der Waals surface area contributed by atoms with E-state index in [1.54, 1.807) is 24.3 Å². The van der Waals surface area contributed by atoms with Crippen molar-refractivity contribution in [3.8, 4) is 0 Å². The largest absolute Gasteiger partial charge is 0.396 e. The van der Waals surface area contributed by atoms with E-state index in [1.165, 1.54) is 4.90 Å². The maximum Gasteiger partial charge on any atom is 0.267 e.